The molecule has 0 radical (unpaired) electrons. The molecule has 2 unspecified atom stereocenters. The van der Waals surface area contributed by atoms with E-state index in [2.05, 4.69) is 0 Å². The quantitative estimate of drug-likeness (QED) is 0.898. The number of benzene rings is 1. The Hall–Kier alpha value is -2.37. The van der Waals surface area contributed by atoms with E-state index in [0.29, 0.717) is 51.0 Å². The molecule has 140 valence electrons. The number of rotatable bonds is 3. The minimum Gasteiger partial charge on any atom is -0.481 e. The summed E-state index contributed by atoms with van der Waals surface area (Å²) in [5.41, 5.74) is 0.673. The van der Waals surface area contributed by atoms with Crippen LogP contribution in [-0.4, -0.2) is 58.9 Å². The van der Waals surface area contributed by atoms with Crippen molar-refractivity contribution < 1.29 is 19.5 Å². The van der Waals surface area contributed by atoms with Crippen LogP contribution < -0.4 is 0 Å². The number of carboxylic acid groups (broad SMARTS) is 1. The van der Waals surface area contributed by atoms with E-state index in [0.717, 1.165) is 0 Å². The molecular weight excluding hydrogens is 332 g/mol. The number of likely N-dealkylation sites (tertiary alicyclic amines) is 2. The van der Waals surface area contributed by atoms with Crippen molar-refractivity contribution in [1.82, 2.24) is 9.80 Å². The molecule has 2 aliphatic heterocycles. The highest BCUT2D eigenvalue weighted by Crippen LogP contribution is 2.27. The molecule has 0 saturated carbocycles. The number of carbonyl (C=O) groups is 3. The van der Waals surface area contributed by atoms with Crippen molar-refractivity contribution in [3.63, 3.8) is 0 Å². The van der Waals surface area contributed by atoms with Gasteiger partial charge in [0, 0.05) is 37.7 Å². The molecule has 2 amide bonds. The Morgan fingerprint density at radius 2 is 1.62 bits per heavy atom. The Morgan fingerprint density at radius 1 is 0.962 bits per heavy atom. The van der Waals surface area contributed by atoms with E-state index in [4.69, 9.17) is 0 Å². The average Bonchev–Trinajstić information content (AvgIpc) is 2.67. The van der Waals surface area contributed by atoms with Gasteiger partial charge in [-0.2, -0.15) is 0 Å². The highest BCUT2D eigenvalue weighted by molar-refractivity contribution is 5.94. The van der Waals surface area contributed by atoms with Crippen LogP contribution in [0, 0.1) is 17.8 Å². The van der Waals surface area contributed by atoms with Crippen LogP contribution in [0.3, 0.4) is 0 Å². The van der Waals surface area contributed by atoms with E-state index in [-0.39, 0.29) is 23.7 Å². The Kier molecular flexibility index (Phi) is 5.59. The van der Waals surface area contributed by atoms with Crippen LogP contribution in [0.2, 0.25) is 0 Å². The maximum absolute atomic E-state index is 12.8. The summed E-state index contributed by atoms with van der Waals surface area (Å²) in [5, 5.41) is 9.29. The minimum atomic E-state index is -0.822. The summed E-state index contributed by atoms with van der Waals surface area (Å²) in [5.74, 6) is -1.15. The summed E-state index contributed by atoms with van der Waals surface area (Å²) in [7, 11) is 0. The highest BCUT2D eigenvalue weighted by atomic mass is 16.4. The van der Waals surface area contributed by atoms with Crippen molar-refractivity contribution in [3.05, 3.63) is 35.9 Å². The second-order valence-electron chi connectivity index (χ2n) is 7.55. The van der Waals surface area contributed by atoms with Crippen molar-refractivity contribution in [2.24, 2.45) is 17.8 Å². The van der Waals surface area contributed by atoms with Crippen molar-refractivity contribution in [2.75, 3.05) is 26.2 Å². The predicted molar refractivity (Wildman–Crippen MR) is 96.6 cm³/mol. The molecule has 0 spiro atoms. The molecule has 2 aliphatic rings. The molecule has 0 aliphatic carbocycles. The van der Waals surface area contributed by atoms with Gasteiger partial charge in [0.1, 0.15) is 0 Å². The fourth-order valence-electron chi connectivity index (χ4n) is 4.06. The van der Waals surface area contributed by atoms with Crippen molar-refractivity contribution in [3.8, 4) is 0 Å². The second kappa shape index (κ2) is 7.89. The lowest BCUT2D eigenvalue weighted by Crippen LogP contribution is -2.50. The maximum Gasteiger partial charge on any atom is 0.308 e. The number of amides is 2. The van der Waals surface area contributed by atoms with E-state index in [1.807, 2.05) is 25.1 Å². The van der Waals surface area contributed by atoms with E-state index in [1.165, 1.54) is 0 Å². The van der Waals surface area contributed by atoms with Gasteiger partial charge >= 0.3 is 5.97 Å². The first-order valence-electron chi connectivity index (χ1n) is 9.31. The number of hydrogen-bond donors (Lipinski definition) is 1. The minimum absolute atomic E-state index is 0.00837. The smallest absolute Gasteiger partial charge is 0.308 e. The monoisotopic (exact) mass is 358 g/mol. The largest absolute Gasteiger partial charge is 0.481 e. The second-order valence-corrected chi connectivity index (χ2v) is 7.55. The molecule has 0 bridgehead atoms. The van der Waals surface area contributed by atoms with E-state index in [9.17, 15) is 19.5 Å². The Labute approximate surface area is 153 Å². The molecule has 0 aromatic heterocycles. The van der Waals surface area contributed by atoms with Gasteiger partial charge in [-0.1, -0.05) is 25.1 Å². The number of aliphatic carboxylic acids is 1. The molecule has 1 aromatic carbocycles. The number of hydrogen-bond acceptors (Lipinski definition) is 3. The van der Waals surface area contributed by atoms with Crippen LogP contribution in [0.5, 0.6) is 0 Å². The number of carbonyl (C=O) groups excluding carboxylic acids is 2. The Morgan fingerprint density at radius 3 is 2.23 bits per heavy atom. The normalized spacial score (nSPS) is 24.3. The topological polar surface area (TPSA) is 77.9 Å². The van der Waals surface area contributed by atoms with Gasteiger partial charge in [0.2, 0.25) is 5.91 Å². The standard InChI is InChI=1S/C20H26N2O4/c1-14-11-17(20(25)26)13-22(12-14)19(24)16-7-9-21(10-8-16)18(23)15-5-3-2-4-6-15/h2-6,14,16-17H,7-13H2,1H3,(H,25,26). The molecule has 1 aromatic rings. The van der Waals surface area contributed by atoms with Gasteiger partial charge in [-0.15, -0.1) is 0 Å². The van der Waals surface area contributed by atoms with E-state index >= 15 is 0 Å². The Bertz CT molecular complexity index is 668. The van der Waals surface area contributed by atoms with Gasteiger partial charge in [-0.3, -0.25) is 14.4 Å². The third kappa shape index (κ3) is 4.06. The van der Waals surface area contributed by atoms with Gasteiger partial charge in [0.15, 0.2) is 0 Å². The van der Waals surface area contributed by atoms with Gasteiger partial charge < -0.3 is 14.9 Å². The van der Waals surface area contributed by atoms with Gasteiger partial charge in [-0.05, 0) is 37.3 Å². The highest BCUT2D eigenvalue weighted by Gasteiger charge is 2.36. The molecule has 2 fully saturated rings. The van der Waals surface area contributed by atoms with Crippen LogP contribution >= 0.6 is 0 Å². The summed E-state index contributed by atoms with van der Waals surface area (Å²) in [6, 6.07) is 9.19. The zero-order chi connectivity index (χ0) is 18.7. The summed E-state index contributed by atoms with van der Waals surface area (Å²) in [6.45, 7) is 4.07. The lowest BCUT2D eigenvalue weighted by molar-refractivity contribution is -0.148. The first-order chi connectivity index (χ1) is 12.5. The number of carboxylic acids is 1. The van der Waals surface area contributed by atoms with Crippen molar-refractivity contribution in [1.29, 1.82) is 0 Å². The fraction of sp³-hybridized carbons (Fsp3) is 0.550. The molecule has 2 saturated heterocycles. The van der Waals surface area contributed by atoms with Crippen molar-refractivity contribution in [2.45, 2.75) is 26.2 Å². The molecule has 3 rings (SSSR count). The lowest BCUT2D eigenvalue weighted by Gasteiger charge is -2.39. The molecule has 2 heterocycles. The summed E-state index contributed by atoms with van der Waals surface area (Å²) >= 11 is 0. The van der Waals surface area contributed by atoms with Gasteiger partial charge in [-0.25, -0.2) is 0 Å². The molecule has 6 heteroatoms. The zero-order valence-electron chi connectivity index (χ0n) is 15.1. The molecule has 6 nitrogen and oxygen atoms in total. The number of nitrogens with zero attached hydrogens (tertiary/aromatic N) is 2. The number of piperidine rings is 2. The average molecular weight is 358 g/mol. The molecule has 26 heavy (non-hydrogen) atoms. The third-order valence-corrected chi connectivity index (χ3v) is 5.47. The molecule has 2 atom stereocenters. The molecular formula is C20H26N2O4. The summed E-state index contributed by atoms with van der Waals surface area (Å²) in [6.07, 6.45) is 1.91. The maximum atomic E-state index is 12.8. The van der Waals surface area contributed by atoms with Gasteiger partial charge in [0.25, 0.3) is 5.91 Å². The fourth-order valence-corrected chi connectivity index (χ4v) is 4.06. The Balaban J connectivity index is 1.56. The lowest BCUT2D eigenvalue weighted by atomic mass is 9.88. The van der Waals surface area contributed by atoms with Crippen LogP contribution in [0.1, 0.15) is 36.5 Å². The SMILES string of the molecule is CC1CC(C(=O)O)CN(C(=O)C2CCN(C(=O)c3ccccc3)CC2)C1. The zero-order valence-corrected chi connectivity index (χ0v) is 15.1. The van der Waals surface area contributed by atoms with Crippen LogP contribution in [0.4, 0.5) is 0 Å². The molecule has 1 N–H and O–H groups in total. The predicted octanol–water partition coefficient (Wildman–Crippen LogP) is 2.11. The first-order valence-corrected chi connectivity index (χ1v) is 9.31. The van der Waals surface area contributed by atoms with Gasteiger partial charge in [0.05, 0.1) is 5.92 Å². The van der Waals surface area contributed by atoms with Crippen LogP contribution in [0.15, 0.2) is 30.3 Å². The summed E-state index contributed by atoms with van der Waals surface area (Å²) in [4.78, 5) is 40.2. The van der Waals surface area contributed by atoms with E-state index < -0.39 is 11.9 Å². The van der Waals surface area contributed by atoms with E-state index in [1.54, 1.807) is 21.9 Å². The van der Waals surface area contributed by atoms with Crippen LogP contribution in [-0.2, 0) is 9.59 Å². The summed E-state index contributed by atoms with van der Waals surface area (Å²) < 4.78 is 0. The third-order valence-electron chi connectivity index (χ3n) is 5.47. The van der Waals surface area contributed by atoms with Crippen LogP contribution in [0.25, 0.3) is 0 Å². The van der Waals surface area contributed by atoms with Crippen molar-refractivity contribution >= 4 is 17.8 Å². The first kappa shape index (κ1) is 18.4.